The lowest BCUT2D eigenvalue weighted by Gasteiger charge is -2.33. The fourth-order valence-electron chi connectivity index (χ4n) is 2.94. The third-order valence-corrected chi connectivity index (χ3v) is 5.00. The SMILES string of the molecule is CCC(C)C(=O)Nc1cccc(CNC(=NC)N2CCC(C)CC2)c1.I. The van der Waals surface area contributed by atoms with E-state index in [2.05, 4.69) is 33.5 Å². The van der Waals surface area contributed by atoms with Gasteiger partial charge in [0, 0.05) is 38.3 Å². The number of amides is 1. The van der Waals surface area contributed by atoms with Crippen LogP contribution < -0.4 is 10.6 Å². The van der Waals surface area contributed by atoms with E-state index >= 15 is 0 Å². The zero-order valence-electron chi connectivity index (χ0n) is 16.4. The summed E-state index contributed by atoms with van der Waals surface area (Å²) < 4.78 is 0. The Morgan fingerprint density at radius 2 is 2.04 bits per heavy atom. The molecule has 1 atom stereocenters. The van der Waals surface area contributed by atoms with Gasteiger partial charge in [0.1, 0.15) is 0 Å². The van der Waals surface area contributed by atoms with E-state index in [1.165, 1.54) is 12.8 Å². The predicted octanol–water partition coefficient (Wildman–Crippen LogP) is 4.10. The molecule has 1 aliphatic heterocycles. The molecule has 1 aromatic rings. The van der Waals surface area contributed by atoms with E-state index < -0.39 is 0 Å². The van der Waals surface area contributed by atoms with Crippen molar-refractivity contribution >= 4 is 41.5 Å². The molecule has 1 unspecified atom stereocenters. The number of nitrogens with one attached hydrogen (secondary N) is 2. The quantitative estimate of drug-likeness (QED) is 0.386. The topological polar surface area (TPSA) is 56.7 Å². The Kier molecular flexibility index (Phi) is 9.98. The van der Waals surface area contributed by atoms with Gasteiger partial charge in [0.25, 0.3) is 0 Å². The molecule has 2 rings (SSSR count). The summed E-state index contributed by atoms with van der Waals surface area (Å²) in [6, 6.07) is 8.01. The second kappa shape index (κ2) is 11.4. The van der Waals surface area contributed by atoms with Crippen LogP contribution in [-0.2, 0) is 11.3 Å². The first kappa shape index (κ1) is 22.7. The summed E-state index contributed by atoms with van der Waals surface area (Å²) in [4.78, 5) is 18.8. The van der Waals surface area contributed by atoms with Gasteiger partial charge in [-0.25, -0.2) is 0 Å². The highest BCUT2D eigenvalue weighted by Crippen LogP contribution is 2.16. The van der Waals surface area contributed by atoms with E-state index in [1.807, 2.05) is 39.1 Å². The van der Waals surface area contributed by atoms with Crippen LogP contribution in [0.4, 0.5) is 5.69 Å². The lowest BCUT2D eigenvalue weighted by molar-refractivity contribution is -0.119. The van der Waals surface area contributed by atoms with Crippen LogP contribution in [0.5, 0.6) is 0 Å². The van der Waals surface area contributed by atoms with Crippen molar-refractivity contribution in [3.05, 3.63) is 29.8 Å². The van der Waals surface area contributed by atoms with E-state index in [1.54, 1.807) is 0 Å². The summed E-state index contributed by atoms with van der Waals surface area (Å²) in [5.41, 5.74) is 1.99. The number of piperidine rings is 1. The van der Waals surface area contributed by atoms with Crippen LogP contribution in [0.25, 0.3) is 0 Å². The van der Waals surface area contributed by atoms with Gasteiger partial charge in [0.2, 0.25) is 5.91 Å². The van der Waals surface area contributed by atoms with Gasteiger partial charge in [0.05, 0.1) is 0 Å². The molecule has 1 aromatic carbocycles. The van der Waals surface area contributed by atoms with Crippen molar-refractivity contribution in [3.63, 3.8) is 0 Å². The zero-order chi connectivity index (χ0) is 18.2. The maximum Gasteiger partial charge on any atom is 0.227 e. The number of aliphatic imine (C=N–C) groups is 1. The number of nitrogens with zero attached hydrogens (tertiary/aromatic N) is 2. The number of carbonyl (C=O) groups is 1. The number of hydrogen-bond donors (Lipinski definition) is 2. The standard InChI is InChI=1S/C20H32N4O.HI/c1-5-16(3)19(25)23-18-8-6-7-17(13-18)14-22-20(21-4)24-11-9-15(2)10-12-24;/h6-8,13,15-16H,5,9-12,14H2,1-4H3,(H,21,22)(H,23,25);1H. The van der Waals surface area contributed by atoms with Gasteiger partial charge < -0.3 is 15.5 Å². The highest BCUT2D eigenvalue weighted by atomic mass is 127. The molecular formula is C20H33IN4O. The molecule has 0 aliphatic carbocycles. The maximum atomic E-state index is 12.0. The summed E-state index contributed by atoms with van der Waals surface area (Å²) in [5.74, 6) is 1.87. The van der Waals surface area contributed by atoms with Crippen LogP contribution >= 0.6 is 24.0 Å². The van der Waals surface area contributed by atoms with Crippen LogP contribution in [0.15, 0.2) is 29.3 Å². The fourth-order valence-corrected chi connectivity index (χ4v) is 2.94. The van der Waals surface area contributed by atoms with Crippen LogP contribution in [0.1, 0.15) is 45.6 Å². The summed E-state index contributed by atoms with van der Waals surface area (Å²) in [6.07, 6.45) is 3.29. The number of halogens is 1. The monoisotopic (exact) mass is 472 g/mol. The molecule has 1 aliphatic rings. The Balaban J connectivity index is 0.00000338. The van der Waals surface area contributed by atoms with Crippen molar-refractivity contribution in [2.45, 2.75) is 46.6 Å². The minimum Gasteiger partial charge on any atom is -0.352 e. The third kappa shape index (κ3) is 6.78. The number of carbonyl (C=O) groups excluding carboxylic acids is 1. The second-order valence-corrected chi connectivity index (χ2v) is 7.07. The molecule has 0 saturated carbocycles. The van der Waals surface area contributed by atoms with Gasteiger partial charge in [0.15, 0.2) is 5.96 Å². The lowest BCUT2D eigenvalue weighted by Crippen LogP contribution is -2.45. The van der Waals surface area contributed by atoms with E-state index in [9.17, 15) is 4.79 Å². The molecule has 0 bridgehead atoms. The molecule has 146 valence electrons. The highest BCUT2D eigenvalue weighted by Gasteiger charge is 2.18. The molecule has 0 radical (unpaired) electrons. The minimum atomic E-state index is 0. The predicted molar refractivity (Wildman–Crippen MR) is 120 cm³/mol. The lowest BCUT2D eigenvalue weighted by atomic mass is 9.99. The first-order valence-electron chi connectivity index (χ1n) is 9.38. The highest BCUT2D eigenvalue weighted by molar-refractivity contribution is 14.0. The van der Waals surface area contributed by atoms with E-state index in [0.717, 1.165) is 42.6 Å². The Labute approximate surface area is 175 Å². The van der Waals surface area contributed by atoms with Crippen LogP contribution in [0, 0.1) is 11.8 Å². The van der Waals surface area contributed by atoms with Gasteiger partial charge >= 0.3 is 0 Å². The molecule has 5 nitrogen and oxygen atoms in total. The fraction of sp³-hybridized carbons (Fsp3) is 0.600. The number of benzene rings is 1. The van der Waals surface area contributed by atoms with Crippen molar-refractivity contribution in [1.82, 2.24) is 10.2 Å². The van der Waals surface area contributed by atoms with Crippen LogP contribution in [0.2, 0.25) is 0 Å². The van der Waals surface area contributed by atoms with Gasteiger partial charge in [-0.05, 0) is 42.9 Å². The number of guanidine groups is 1. The molecule has 1 fully saturated rings. The van der Waals surface area contributed by atoms with Crippen molar-refractivity contribution in [2.24, 2.45) is 16.8 Å². The first-order chi connectivity index (χ1) is 12.0. The molecule has 26 heavy (non-hydrogen) atoms. The summed E-state index contributed by atoms with van der Waals surface area (Å²) in [6.45, 7) is 9.11. The number of likely N-dealkylation sites (tertiary alicyclic amines) is 1. The average molecular weight is 472 g/mol. The molecule has 2 N–H and O–H groups in total. The summed E-state index contributed by atoms with van der Waals surface area (Å²) in [7, 11) is 1.84. The largest absolute Gasteiger partial charge is 0.352 e. The first-order valence-corrected chi connectivity index (χ1v) is 9.38. The van der Waals surface area contributed by atoms with Crippen molar-refractivity contribution in [3.8, 4) is 0 Å². The summed E-state index contributed by atoms with van der Waals surface area (Å²) in [5, 5.41) is 6.44. The minimum absolute atomic E-state index is 0. The van der Waals surface area contributed by atoms with E-state index in [-0.39, 0.29) is 35.8 Å². The Bertz CT molecular complexity index is 597. The van der Waals surface area contributed by atoms with Crippen LogP contribution in [0.3, 0.4) is 0 Å². The maximum absolute atomic E-state index is 12.0. The van der Waals surface area contributed by atoms with Crippen molar-refractivity contribution in [2.75, 3.05) is 25.5 Å². The molecule has 1 saturated heterocycles. The second-order valence-electron chi connectivity index (χ2n) is 7.07. The number of rotatable bonds is 5. The Hall–Kier alpha value is -1.31. The Morgan fingerprint density at radius 3 is 2.65 bits per heavy atom. The molecular weight excluding hydrogens is 439 g/mol. The number of hydrogen-bond acceptors (Lipinski definition) is 2. The van der Waals surface area contributed by atoms with E-state index in [0.29, 0.717) is 6.54 Å². The summed E-state index contributed by atoms with van der Waals surface area (Å²) >= 11 is 0. The van der Waals surface area contributed by atoms with Gasteiger partial charge in [-0.15, -0.1) is 24.0 Å². The van der Waals surface area contributed by atoms with Crippen LogP contribution in [-0.4, -0.2) is 36.9 Å². The average Bonchev–Trinajstić information content (AvgIpc) is 2.63. The van der Waals surface area contributed by atoms with Crippen molar-refractivity contribution < 1.29 is 4.79 Å². The molecule has 1 heterocycles. The van der Waals surface area contributed by atoms with Gasteiger partial charge in [-0.1, -0.05) is 32.9 Å². The van der Waals surface area contributed by atoms with Gasteiger partial charge in [-0.2, -0.15) is 0 Å². The smallest absolute Gasteiger partial charge is 0.227 e. The molecule has 6 heteroatoms. The molecule has 0 spiro atoms. The molecule has 1 amide bonds. The number of anilines is 1. The Morgan fingerprint density at radius 1 is 1.35 bits per heavy atom. The molecule has 0 aromatic heterocycles. The van der Waals surface area contributed by atoms with E-state index in [4.69, 9.17) is 0 Å². The normalized spacial score (nSPS) is 16.6. The zero-order valence-corrected chi connectivity index (χ0v) is 18.7. The van der Waals surface area contributed by atoms with Gasteiger partial charge in [-0.3, -0.25) is 9.79 Å². The van der Waals surface area contributed by atoms with Crippen molar-refractivity contribution in [1.29, 1.82) is 0 Å². The third-order valence-electron chi connectivity index (χ3n) is 5.00.